The summed E-state index contributed by atoms with van der Waals surface area (Å²) in [5.41, 5.74) is 4.18. The Bertz CT molecular complexity index is 1230. The molecule has 1 aliphatic carbocycles. The maximum Gasteiger partial charge on any atom is 0.337 e. The summed E-state index contributed by atoms with van der Waals surface area (Å²) in [5, 5.41) is 3.77. The van der Waals surface area contributed by atoms with Crippen molar-refractivity contribution in [2.75, 3.05) is 6.79 Å². The predicted molar refractivity (Wildman–Crippen MR) is 128 cm³/mol. The fourth-order valence-electron chi connectivity index (χ4n) is 5.01. The highest BCUT2D eigenvalue weighted by Gasteiger charge is 2.42. The van der Waals surface area contributed by atoms with E-state index in [-0.39, 0.29) is 24.6 Å². The van der Waals surface area contributed by atoms with Gasteiger partial charge in [0.05, 0.1) is 11.7 Å². The first-order valence-corrected chi connectivity index (χ1v) is 11.8. The molecule has 0 spiro atoms. The summed E-state index contributed by atoms with van der Waals surface area (Å²) in [6.07, 6.45) is 0.711. The molecule has 0 aromatic heterocycles. The van der Waals surface area contributed by atoms with Crippen molar-refractivity contribution in [1.82, 2.24) is 5.32 Å². The van der Waals surface area contributed by atoms with Crippen molar-refractivity contribution in [3.8, 4) is 11.5 Å². The molecule has 0 amide bonds. The monoisotopic (exact) mass is 479 g/mol. The van der Waals surface area contributed by atoms with Crippen molar-refractivity contribution < 1.29 is 23.8 Å². The number of rotatable bonds is 4. The zero-order valence-electron chi connectivity index (χ0n) is 19.3. The second-order valence-corrected chi connectivity index (χ2v) is 9.52. The minimum atomic E-state index is -0.659. The van der Waals surface area contributed by atoms with Crippen molar-refractivity contribution in [3.63, 3.8) is 0 Å². The molecule has 0 radical (unpaired) electrons. The lowest BCUT2D eigenvalue weighted by Gasteiger charge is -2.37. The van der Waals surface area contributed by atoms with Gasteiger partial charge in [-0.1, -0.05) is 41.9 Å². The number of ether oxygens (including phenoxy) is 3. The Morgan fingerprint density at radius 2 is 1.82 bits per heavy atom. The first kappa shape index (κ1) is 22.5. The third-order valence-corrected chi connectivity index (χ3v) is 6.79. The summed E-state index contributed by atoms with van der Waals surface area (Å²) in [6, 6.07) is 13.5. The molecule has 1 N–H and O–H groups in total. The third-order valence-electron chi connectivity index (χ3n) is 6.46. The number of ketones is 1. The maximum absolute atomic E-state index is 13.7. The van der Waals surface area contributed by atoms with E-state index in [9.17, 15) is 9.59 Å². The number of hydrogen-bond donors (Lipinski definition) is 1. The van der Waals surface area contributed by atoms with Crippen LogP contribution in [-0.4, -0.2) is 24.6 Å². The van der Waals surface area contributed by atoms with Crippen LogP contribution in [-0.2, 0) is 14.3 Å². The number of benzene rings is 2. The van der Waals surface area contributed by atoms with Gasteiger partial charge in [0.25, 0.3) is 0 Å². The van der Waals surface area contributed by atoms with Gasteiger partial charge in [0.15, 0.2) is 17.3 Å². The van der Waals surface area contributed by atoms with Gasteiger partial charge in [-0.05, 0) is 50.3 Å². The van der Waals surface area contributed by atoms with Crippen molar-refractivity contribution in [1.29, 1.82) is 0 Å². The number of fused-ring (bicyclic) bond motifs is 1. The van der Waals surface area contributed by atoms with E-state index < -0.39 is 11.9 Å². The second kappa shape index (κ2) is 8.84. The Balaban J connectivity index is 1.64. The number of dihydropyridines is 1. The molecular formula is C27H26ClNO5. The van der Waals surface area contributed by atoms with Gasteiger partial charge in [-0.15, -0.1) is 0 Å². The Hall–Kier alpha value is -3.25. The summed E-state index contributed by atoms with van der Waals surface area (Å²) in [4.78, 5) is 26.9. The zero-order chi connectivity index (χ0) is 24.0. The van der Waals surface area contributed by atoms with Gasteiger partial charge in [0.1, 0.15) is 0 Å². The molecule has 2 heterocycles. The van der Waals surface area contributed by atoms with E-state index in [4.69, 9.17) is 25.8 Å². The highest BCUT2D eigenvalue weighted by Crippen LogP contribution is 2.49. The van der Waals surface area contributed by atoms with E-state index in [0.717, 1.165) is 11.3 Å². The lowest BCUT2D eigenvalue weighted by atomic mass is 9.71. The number of hydrogen-bond acceptors (Lipinski definition) is 6. The summed E-state index contributed by atoms with van der Waals surface area (Å²) in [7, 11) is 0. The molecule has 5 rings (SSSR count). The number of carbonyl (C=O) groups excluding carboxylic acids is 2. The fourth-order valence-corrected chi connectivity index (χ4v) is 5.28. The second-order valence-electron chi connectivity index (χ2n) is 9.11. The summed E-state index contributed by atoms with van der Waals surface area (Å²) < 4.78 is 16.6. The Morgan fingerprint density at radius 3 is 2.53 bits per heavy atom. The molecule has 0 unspecified atom stereocenters. The van der Waals surface area contributed by atoms with Gasteiger partial charge in [0.2, 0.25) is 6.79 Å². The van der Waals surface area contributed by atoms with E-state index in [1.807, 2.05) is 37.3 Å². The summed E-state index contributed by atoms with van der Waals surface area (Å²) in [5.74, 6) is 0.00760. The van der Waals surface area contributed by atoms with Gasteiger partial charge in [-0.2, -0.15) is 0 Å². The Kier molecular flexibility index (Phi) is 5.86. The van der Waals surface area contributed by atoms with Crippen molar-refractivity contribution in [3.05, 3.63) is 81.2 Å². The highest BCUT2D eigenvalue weighted by atomic mass is 35.5. The molecule has 6 nitrogen and oxygen atoms in total. The van der Waals surface area contributed by atoms with Crippen LogP contribution in [0.1, 0.15) is 56.6 Å². The van der Waals surface area contributed by atoms with Crippen molar-refractivity contribution >= 4 is 23.4 Å². The van der Waals surface area contributed by atoms with Gasteiger partial charge in [-0.25, -0.2) is 4.79 Å². The van der Waals surface area contributed by atoms with Crippen LogP contribution in [0.3, 0.4) is 0 Å². The molecule has 0 fully saturated rings. The molecule has 0 bridgehead atoms. The highest BCUT2D eigenvalue weighted by molar-refractivity contribution is 6.32. The molecule has 3 aliphatic rings. The van der Waals surface area contributed by atoms with Gasteiger partial charge < -0.3 is 19.5 Å². The molecule has 2 aromatic carbocycles. The topological polar surface area (TPSA) is 73.9 Å². The lowest BCUT2D eigenvalue weighted by molar-refractivity contribution is -0.143. The number of halogens is 1. The average molecular weight is 480 g/mol. The summed E-state index contributed by atoms with van der Waals surface area (Å²) in [6.45, 7) is 5.54. The average Bonchev–Trinajstić information content (AvgIpc) is 3.24. The third kappa shape index (κ3) is 3.96. The number of esters is 1. The molecule has 0 saturated carbocycles. The van der Waals surface area contributed by atoms with Crippen LogP contribution in [0.25, 0.3) is 0 Å². The van der Waals surface area contributed by atoms with E-state index in [0.29, 0.717) is 51.8 Å². The van der Waals surface area contributed by atoms with Crippen molar-refractivity contribution in [2.24, 2.45) is 0 Å². The maximum atomic E-state index is 13.7. The normalized spacial score (nSPS) is 21.5. The molecule has 34 heavy (non-hydrogen) atoms. The first-order valence-electron chi connectivity index (χ1n) is 11.4. The van der Waals surface area contributed by atoms with Gasteiger partial charge in [0, 0.05) is 40.4 Å². The zero-order valence-corrected chi connectivity index (χ0v) is 20.1. The largest absolute Gasteiger partial charge is 0.460 e. The van der Waals surface area contributed by atoms with E-state index in [1.165, 1.54) is 0 Å². The van der Waals surface area contributed by atoms with Crippen LogP contribution >= 0.6 is 11.6 Å². The first-order chi connectivity index (χ1) is 16.3. The Morgan fingerprint density at radius 1 is 1.12 bits per heavy atom. The van der Waals surface area contributed by atoms with Gasteiger partial charge >= 0.3 is 5.97 Å². The minimum Gasteiger partial charge on any atom is -0.460 e. The van der Waals surface area contributed by atoms with Crippen LogP contribution < -0.4 is 14.8 Å². The predicted octanol–water partition coefficient (Wildman–Crippen LogP) is 5.38. The van der Waals surface area contributed by atoms with E-state index in [2.05, 4.69) is 5.32 Å². The van der Waals surface area contributed by atoms with Crippen LogP contribution in [0.2, 0.25) is 5.02 Å². The van der Waals surface area contributed by atoms with Gasteiger partial charge in [-0.3, -0.25) is 4.79 Å². The molecular weight excluding hydrogens is 454 g/mol. The van der Waals surface area contributed by atoms with Crippen LogP contribution in [0.15, 0.2) is 65.0 Å². The SMILES string of the molecule is CC1=C(C(=O)OC(C)C)[C@H](c2cc3c(cc2Cl)OCO3)C2=C(C[C@@H](c3ccccc3)CC2=O)N1. The van der Waals surface area contributed by atoms with Crippen LogP contribution in [0.4, 0.5) is 0 Å². The fraction of sp³-hybridized carbons (Fsp3) is 0.333. The molecule has 2 aromatic rings. The molecule has 2 aliphatic heterocycles. The number of nitrogens with one attached hydrogen (secondary N) is 1. The minimum absolute atomic E-state index is 0.0105. The molecule has 7 heteroatoms. The quantitative estimate of drug-likeness (QED) is 0.593. The summed E-state index contributed by atoms with van der Waals surface area (Å²) >= 11 is 6.70. The molecule has 0 saturated heterocycles. The van der Waals surface area contributed by atoms with Crippen molar-refractivity contribution in [2.45, 2.75) is 51.6 Å². The van der Waals surface area contributed by atoms with E-state index in [1.54, 1.807) is 26.0 Å². The number of Topliss-reactive ketones (excluding diaryl/α,β-unsaturated/α-hetero) is 1. The molecule has 2 atom stereocenters. The molecule has 176 valence electrons. The van der Waals surface area contributed by atoms with Crippen LogP contribution in [0.5, 0.6) is 11.5 Å². The smallest absolute Gasteiger partial charge is 0.337 e. The van der Waals surface area contributed by atoms with Crippen LogP contribution in [0, 0.1) is 0 Å². The standard InChI is InChI=1S/C27H26ClNO5/c1-14(2)34-27(31)24-15(3)29-20-9-17(16-7-5-4-6-8-16)10-21(30)26(20)25(24)18-11-22-23(12-19(18)28)33-13-32-22/h4-8,11-12,14,17,25,29H,9-10,13H2,1-3H3/t17-,25+/m1/s1. The number of carbonyl (C=O) groups is 2. The van der Waals surface area contributed by atoms with E-state index >= 15 is 0 Å². The lowest BCUT2D eigenvalue weighted by Crippen LogP contribution is -2.36. The number of allylic oxidation sites excluding steroid dienone is 3. The Labute approximate surface area is 203 Å².